The van der Waals surface area contributed by atoms with Gasteiger partial charge < -0.3 is 5.11 Å². The van der Waals surface area contributed by atoms with Gasteiger partial charge in [0.1, 0.15) is 0 Å². The van der Waals surface area contributed by atoms with Gasteiger partial charge in [0, 0.05) is 35.7 Å². The van der Waals surface area contributed by atoms with Gasteiger partial charge in [-0.2, -0.15) is 5.10 Å². The minimum Gasteiger partial charge on any atom is -0.481 e. The second-order valence-electron chi connectivity index (χ2n) is 8.15. The summed E-state index contributed by atoms with van der Waals surface area (Å²) in [5.41, 5.74) is 6.75. The third kappa shape index (κ3) is 4.75. The summed E-state index contributed by atoms with van der Waals surface area (Å²) in [6, 6.07) is 8.02. The van der Waals surface area contributed by atoms with Crippen LogP contribution in [0.3, 0.4) is 0 Å². The number of aliphatic carboxylic acids is 1. The average molecular weight is 405 g/mol. The summed E-state index contributed by atoms with van der Waals surface area (Å²) in [7, 11) is 0. The first kappa shape index (κ1) is 20.3. The summed E-state index contributed by atoms with van der Waals surface area (Å²) < 4.78 is 1.85. The number of pyridine rings is 2. The second-order valence-corrected chi connectivity index (χ2v) is 8.15. The van der Waals surface area contributed by atoms with E-state index in [2.05, 4.69) is 22.2 Å². The van der Waals surface area contributed by atoms with E-state index in [1.165, 1.54) is 24.1 Å². The second kappa shape index (κ2) is 9.20. The molecule has 0 fully saturated rings. The predicted octanol–water partition coefficient (Wildman–Crippen LogP) is 4.10. The molecule has 3 heterocycles. The standard InChI is InChI=1S/C24H28N4O2/c1-17-13-19(16-25-15-17)23(14-24(29)30)28-21(11-12-26-28)7-4-6-20-10-9-18-5-2-3-8-22(18)27-20/h9-13,15-16,23H,2-8,14H2,1H3,(H,29,30). The Labute approximate surface area is 177 Å². The number of aromatic nitrogens is 4. The van der Waals surface area contributed by atoms with Gasteiger partial charge in [0.15, 0.2) is 0 Å². The van der Waals surface area contributed by atoms with E-state index in [0.29, 0.717) is 0 Å². The molecule has 156 valence electrons. The van der Waals surface area contributed by atoms with Gasteiger partial charge in [-0.25, -0.2) is 0 Å². The van der Waals surface area contributed by atoms with E-state index < -0.39 is 5.97 Å². The Bertz CT molecular complexity index is 1030. The molecule has 1 atom stereocenters. The van der Waals surface area contributed by atoms with Gasteiger partial charge >= 0.3 is 5.97 Å². The number of carboxylic acid groups (broad SMARTS) is 1. The van der Waals surface area contributed by atoms with Gasteiger partial charge in [-0.15, -0.1) is 0 Å². The zero-order valence-corrected chi connectivity index (χ0v) is 17.4. The molecule has 0 aromatic carbocycles. The van der Waals surface area contributed by atoms with Crippen molar-refractivity contribution < 1.29 is 9.90 Å². The molecule has 0 saturated heterocycles. The highest BCUT2D eigenvalue weighted by molar-refractivity contribution is 5.68. The molecule has 1 aliphatic carbocycles. The van der Waals surface area contributed by atoms with Crippen LogP contribution in [0.15, 0.2) is 42.9 Å². The maximum atomic E-state index is 11.5. The summed E-state index contributed by atoms with van der Waals surface area (Å²) in [5.74, 6) is -0.846. The van der Waals surface area contributed by atoms with Crippen LogP contribution in [0.4, 0.5) is 0 Å². The molecular formula is C24H28N4O2. The highest BCUT2D eigenvalue weighted by Gasteiger charge is 2.21. The Balaban J connectivity index is 1.47. The molecule has 1 aliphatic rings. The molecule has 3 aromatic heterocycles. The van der Waals surface area contributed by atoms with Crippen LogP contribution in [0.5, 0.6) is 0 Å². The average Bonchev–Trinajstić information content (AvgIpc) is 3.20. The van der Waals surface area contributed by atoms with Gasteiger partial charge in [0.25, 0.3) is 0 Å². The summed E-state index contributed by atoms with van der Waals surface area (Å²) in [6.07, 6.45) is 12.7. The number of nitrogens with zero attached hydrogens (tertiary/aromatic N) is 4. The van der Waals surface area contributed by atoms with Crippen molar-refractivity contribution in [2.24, 2.45) is 0 Å². The van der Waals surface area contributed by atoms with E-state index in [1.54, 1.807) is 18.6 Å². The largest absolute Gasteiger partial charge is 0.481 e. The van der Waals surface area contributed by atoms with Crippen molar-refractivity contribution in [1.82, 2.24) is 19.7 Å². The van der Waals surface area contributed by atoms with Crippen LogP contribution < -0.4 is 0 Å². The Morgan fingerprint density at radius 3 is 2.87 bits per heavy atom. The lowest BCUT2D eigenvalue weighted by Gasteiger charge is -2.19. The lowest BCUT2D eigenvalue weighted by Crippen LogP contribution is -2.19. The van der Waals surface area contributed by atoms with Gasteiger partial charge in [0.2, 0.25) is 0 Å². The lowest BCUT2D eigenvalue weighted by atomic mass is 9.95. The van der Waals surface area contributed by atoms with Crippen molar-refractivity contribution in [3.8, 4) is 0 Å². The maximum absolute atomic E-state index is 11.5. The van der Waals surface area contributed by atoms with Crippen molar-refractivity contribution in [3.63, 3.8) is 0 Å². The fourth-order valence-corrected chi connectivity index (χ4v) is 4.31. The number of rotatable bonds is 8. The van der Waals surface area contributed by atoms with Crippen LogP contribution in [0.25, 0.3) is 0 Å². The molecule has 0 saturated carbocycles. The molecule has 3 aromatic rings. The van der Waals surface area contributed by atoms with E-state index >= 15 is 0 Å². The van der Waals surface area contributed by atoms with Crippen LogP contribution >= 0.6 is 0 Å². The van der Waals surface area contributed by atoms with Gasteiger partial charge in [-0.05, 0) is 80.7 Å². The van der Waals surface area contributed by atoms with E-state index in [1.807, 2.05) is 23.7 Å². The normalized spacial score (nSPS) is 14.3. The zero-order chi connectivity index (χ0) is 20.9. The first-order chi connectivity index (χ1) is 14.6. The topological polar surface area (TPSA) is 80.9 Å². The van der Waals surface area contributed by atoms with Gasteiger partial charge in [-0.1, -0.05) is 12.1 Å². The molecule has 0 aliphatic heterocycles. The van der Waals surface area contributed by atoms with Crippen molar-refractivity contribution >= 4 is 5.97 Å². The Kier molecular flexibility index (Phi) is 6.21. The van der Waals surface area contributed by atoms with Crippen LogP contribution in [0, 0.1) is 6.92 Å². The zero-order valence-electron chi connectivity index (χ0n) is 17.4. The van der Waals surface area contributed by atoms with E-state index in [9.17, 15) is 9.90 Å². The van der Waals surface area contributed by atoms with Crippen molar-refractivity contribution in [2.45, 2.75) is 64.3 Å². The first-order valence-corrected chi connectivity index (χ1v) is 10.7. The number of hydrogen-bond donors (Lipinski definition) is 1. The molecule has 0 radical (unpaired) electrons. The number of fused-ring (bicyclic) bond motifs is 1. The van der Waals surface area contributed by atoms with Crippen molar-refractivity contribution in [2.75, 3.05) is 0 Å². The van der Waals surface area contributed by atoms with E-state index in [0.717, 1.165) is 54.6 Å². The predicted molar refractivity (Wildman–Crippen MR) is 114 cm³/mol. The summed E-state index contributed by atoms with van der Waals surface area (Å²) >= 11 is 0. The number of aryl methyl sites for hydroxylation is 5. The Hall–Kier alpha value is -3.02. The smallest absolute Gasteiger partial charge is 0.305 e. The molecule has 6 heteroatoms. The number of carbonyl (C=O) groups is 1. The highest BCUT2D eigenvalue weighted by atomic mass is 16.4. The van der Waals surface area contributed by atoms with Crippen LogP contribution in [0.1, 0.15) is 65.5 Å². The number of carboxylic acids is 1. The van der Waals surface area contributed by atoms with Crippen LogP contribution in [-0.4, -0.2) is 30.8 Å². The highest BCUT2D eigenvalue weighted by Crippen LogP contribution is 2.25. The molecule has 1 unspecified atom stereocenters. The monoisotopic (exact) mass is 404 g/mol. The minimum absolute atomic E-state index is 0.0216. The maximum Gasteiger partial charge on any atom is 0.305 e. The Morgan fingerprint density at radius 1 is 1.17 bits per heavy atom. The van der Waals surface area contributed by atoms with E-state index in [-0.39, 0.29) is 12.5 Å². The van der Waals surface area contributed by atoms with Gasteiger partial charge in [-0.3, -0.25) is 19.4 Å². The molecule has 4 rings (SSSR count). The third-order valence-corrected chi connectivity index (χ3v) is 5.80. The minimum atomic E-state index is -0.846. The third-order valence-electron chi connectivity index (χ3n) is 5.80. The Morgan fingerprint density at radius 2 is 2.03 bits per heavy atom. The molecule has 0 spiro atoms. The molecule has 0 amide bonds. The lowest BCUT2D eigenvalue weighted by molar-refractivity contribution is -0.137. The molecule has 1 N–H and O–H groups in total. The fourth-order valence-electron chi connectivity index (χ4n) is 4.31. The van der Waals surface area contributed by atoms with Crippen molar-refractivity contribution in [1.29, 1.82) is 0 Å². The molecule has 6 nitrogen and oxygen atoms in total. The van der Waals surface area contributed by atoms with Crippen LogP contribution in [-0.2, 0) is 30.5 Å². The molecular weight excluding hydrogens is 376 g/mol. The van der Waals surface area contributed by atoms with Crippen LogP contribution in [0.2, 0.25) is 0 Å². The molecule has 0 bridgehead atoms. The SMILES string of the molecule is Cc1cncc(C(CC(=O)O)n2nccc2CCCc2ccc3c(n2)CCCC3)c1. The summed E-state index contributed by atoms with van der Waals surface area (Å²) in [5, 5.41) is 13.9. The summed E-state index contributed by atoms with van der Waals surface area (Å²) in [6.45, 7) is 1.96. The van der Waals surface area contributed by atoms with E-state index in [4.69, 9.17) is 4.98 Å². The van der Waals surface area contributed by atoms with Gasteiger partial charge in [0.05, 0.1) is 12.5 Å². The number of hydrogen-bond acceptors (Lipinski definition) is 4. The summed E-state index contributed by atoms with van der Waals surface area (Å²) in [4.78, 5) is 20.6. The van der Waals surface area contributed by atoms with Crippen molar-refractivity contribution in [3.05, 3.63) is 76.6 Å². The molecule has 30 heavy (non-hydrogen) atoms. The quantitative estimate of drug-likeness (QED) is 0.611. The first-order valence-electron chi connectivity index (χ1n) is 10.7. The fraction of sp³-hybridized carbons (Fsp3) is 0.417.